The fraction of sp³-hybridized carbons (Fsp3) is 0.923. The predicted molar refractivity (Wildman–Crippen MR) is 65.4 cm³/mol. The number of Topliss-reactive ketones (excluding diaryl/α,β-unsaturated/α-hetero) is 1. The summed E-state index contributed by atoms with van der Waals surface area (Å²) in [4.78, 5) is 13.5. The van der Waals surface area contributed by atoms with Crippen molar-refractivity contribution in [2.75, 3.05) is 13.2 Å². The maximum atomic E-state index is 11.2. The van der Waals surface area contributed by atoms with E-state index in [9.17, 15) is 4.79 Å². The first-order valence-electron chi connectivity index (χ1n) is 6.51. The Labute approximate surface area is 98.8 Å². The number of nitrogens with zero attached hydrogens (tertiary/aromatic N) is 1. The highest BCUT2D eigenvalue weighted by molar-refractivity contribution is 5.76. The summed E-state index contributed by atoms with van der Waals surface area (Å²) in [5.41, 5.74) is 0. The average Bonchev–Trinajstić information content (AvgIpc) is 2.26. The number of carbonyl (C=O) groups is 1. The second-order valence-corrected chi connectivity index (χ2v) is 5.01. The van der Waals surface area contributed by atoms with Gasteiger partial charge in [0.1, 0.15) is 5.78 Å². The monoisotopic (exact) mass is 227 g/mol. The Morgan fingerprint density at radius 2 is 2.00 bits per heavy atom. The minimum Gasteiger partial charge on any atom is -0.395 e. The first-order valence-corrected chi connectivity index (χ1v) is 6.51. The second-order valence-electron chi connectivity index (χ2n) is 5.01. The van der Waals surface area contributed by atoms with Gasteiger partial charge in [-0.2, -0.15) is 0 Å². The molecular formula is C13H25NO2. The van der Waals surface area contributed by atoms with Crippen LogP contribution in [0.15, 0.2) is 0 Å². The zero-order valence-electron chi connectivity index (χ0n) is 10.6. The van der Waals surface area contributed by atoms with Crippen molar-refractivity contribution in [3.8, 4) is 0 Å². The lowest BCUT2D eigenvalue weighted by molar-refractivity contribution is -0.118. The van der Waals surface area contributed by atoms with Crippen LogP contribution in [0.1, 0.15) is 52.4 Å². The summed E-state index contributed by atoms with van der Waals surface area (Å²) in [7, 11) is 0. The van der Waals surface area contributed by atoms with Gasteiger partial charge in [0.15, 0.2) is 0 Å². The van der Waals surface area contributed by atoms with Gasteiger partial charge in [0.2, 0.25) is 0 Å². The van der Waals surface area contributed by atoms with Gasteiger partial charge < -0.3 is 5.11 Å². The molecule has 0 amide bonds. The summed E-state index contributed by atoms with van der Waals surface area (Å²) in [5, 5.41) is 9.12. The van der Waals surface area contributed by atoms with Crippen LogP contribution in [0.2, 0.25) is 0 Å². The van der Waals surface area contributed by atoms with Crippen LogP contribution >= 0.6 is 0 Å². The van der Waals surface area contributed by atoms with Gasteiger partial charge in [0.05, 0.1) is 6.61 Å². The van der Waals surface area contributed by atoms with Crippen molar-refractivity contribution >= 4 is 5.78 Å². The van der Waals surface area contributed by atoms with Crippen LogP contribution in [0.3, 0.4) is 0 Å². The average molecular weight is 227 g/mol. The third kappa shape index (κ3) is 4.22. The van der Waals surface area contributed by atoms with E-state index in [1.807, 2.05) is 0 Å². The molecule has 0 aromatic rings. The Bertz CT molecular complexity index is 212. The number of hydrogen-bond acceptors (Lipinski definition) is 3. The van der Waals surface area contributed by atoms with Crippen LogP contribution in [-0.4, -0.2) is 41.0 Å². The largest absolute Gasteiger partial charge is 0.395 e. The molecule has 0 saturated heterocycles. The van der Waals surface area contributed by atoms with Crippen molar-refractivity contribution in [3.63, 3.8) is 0 Å². The molecule has 0 aliphatic heterocycles. The van der Waals surface area contributed by atoms with Gasteiger partial charge in [-0.1, -0.05) is 19.3 Å². The highest BCUT2D eigenvalue weighted by Gasteiger charge is 2.25. The number of hydrogen-bond donors (Lipinski definition) is 1. The molecular weight excluding hydrogens is 202 g/mol. The molecule has 1 fully saturated rings. The molecule has 1 saturated carbocycles. The number of carbonyl (C=O) groups excluding carboxylic acids is 1. The molecule has 1 unspecified atom stereocenters. The van der Waals surface area contributed by atoms with E-state index in [1.165, 1.54) is 32.1 Å². The molecule has 0 aromatic heterocycles. The molecule has 3 nitrogen and oxygen atoms in total. The Hall–Kier alpha value is -0.410. The van der Waals surface area contributed by atoms with E-state index in [-0.39, 0.29) is 18.4 Å². The molecule has 0 heterocycles. The van der Waals surface area contributed by atoms with Crippen LogP contribution in [-0.2, 0) is 4.79 Å². The zero-order chi connectivity index (χ0) is 12.0. The maximum Gasteiger partial charge on any atom is 0.131 e. The van der Waals surface area contributed by atoms with Gasteiger partial charge in [-0.3, -0.25) is 9.69 Å². The van der Waals surface area contributed by atoms with Crippen molar-refractivity contribution < 1.29 is 9.90 Å². The summed E-state index contributed by atoms with van der Waals surface area (Å²) in [6.07, 6.45) is 6.98. The van der Waals surface area contributed by atoms with Crippen molar-refractivity contribution in [2.24, 2.45) is 0 Å². The van der Waals surface area contributed by atoms with Gasteiger partial charge in [0.25, 0.3) is 0 Å². The van der Waals surface area contributed by atoms with E-state index >= 15 is 0 Å². The summed E-state index contributed by atoms with van der Waals surface area (Å²) in [6, 6.07) is 0.850. The van der Waals surface area contributed by atoms with E-state index in [4.69, 9.17) is 5.11 Å². The highest BCUT2D eigenvalue weighted by Crippen LogP contribution is 2.24. The van der Waals surface area contributed by atoms with E-state index < -0.39 is 0 Å². The van der Waals surface area contributed by atoms with Crippen molar-refractivity contribution in [1.29, 1.82) is 0 Å². The molecule has 3 heteroatoms. The van der Waals surface area contributed by atoms with Crippen LogP contribution in [0.4, 0.5) is 0 Å². The van der Waals surface area contributed by atoms with Gasteiger partial charge in [0, 0.05) is 25.0 Å². The molecule has 0 spiro atoms. The molecule has 0 bridgehead atoms. The van der Waals surface area contributed by atoms with Crippen LogP contribution in [0.25, 0.3) is 0 Å². The fourth-order valence-corrected chi connectivity index (χ4v) is 2.82. The third-order valence-electron chi connectivity index (χ3n) is 3.55. The highest BCUT2D eigenvalue weighted by atomic mass is 16.3. The number of ketones is 1. The minimum atomic E-state index is 0.193. The minimum absolute atomic E-state index is 0.193. The van der Waals surface area contributed by atoms with Crippen molar-refractivity contribution in [3.05, 3.63) is 0 Å². The zero-order valence-corrected chi connectivity index (χ0v) is 10.6. The lowest BCUT2D eigenvalue weighted by Gasteiger charge is -2.38. The Kier molecular flexibility index (Phi) is 5.99. The molecule has 1 aliphatic carbocycles. The summed E-state index contributed by atoms with van der Waals surface area (Å²) >= 11 is 0. The van der Waals surface area contributed by atoms with Crippen molar-refractivity contribution in [1.82, 2.24) is 4.90 Å². The lowest BCUT2D eigenvalue weighted by atomic mass is 9.92. The van der Waals surface area contributed by atoms with Crippen LogP contribution in [0, 0.1) is 0 Å². The molecule has 1 atom stereocenters. The molecule has 0 radical (unpaired) electrons. The van der Waals surface area contributed by atoms with Crippen LogP contribution < -0.4 is 0 Å². The molecule has 1 rings (SSSR count). The maximum absolute atomic E-state index is 11.2. The fourth-order valence-electron chi connectivity index (χ4n) is 2.82. The van der Waals surface area contributed by atoms with E-state index in [0.717, 1.165) is 0 Å². The van der Waals surface area contributed by atoms with Crippen molar-refractivity contribution in [2.45, 2.75) is 64.5 Å². The number of aliphatic hydroxyl groups excluding tert-OH is 1. The third-order valence-corrected chi connectivity index (χ3v) is 3.55. The van der Waals surface area contributed by atoms with Crippen LogP contribution in [0.5, 0.6) is 0 Å². The number of aliphatic hydroxyl groups is 1. The first kappa shape index (κ1) is 13.7. The summed E-state index contributed by atoms with van der Waals surface area (Å²) < 4.78 is 0. The van der Waals surface area contributed by atoms with Gasteiger partial charge in [-0.25, -0.2) is 0 Å². The van der Waals surface area contributed by atoms with Gasteiger partial charge in [-0.15, -0.1) is 0 Å². The van der Waals surface area contributed by atoms with Gasteiger partial charge >= 0.3 is 0 Å². The van der Waals surface area contributed by atoms with Gasteiger partial charge in [-0.05, 0) is 26.7 Å². The Balaban J connectivity index is 2.53. The first-order chi connectivity index (χ1) is 7.65. The molecule has 1 aliphatic rings. The SMILES string of the molecule is CC(=O)CC(C)N(CCO)C1CCCCC1. The van der Waals surface area contributed by atoms with E-state index in [0.29, 0.717) is 19.0 Å². The lowest BCUT2D eigenvalue weighted by Crippen LogP contribution is -2.45. The standard InChI is InChI=1S/C13H25NO2/c1-11(10-12(2)16)14(8-9-15)13-6-4-3-5-7-13/h11,13,15H,3-10H2,1-2H3. The second kappa shape index (κ2) is 7.02. The molecule has 94 valence electrons. The normalized spacial score (nSPS) is 20.0. The summed E-state index contributed by atoms with van der Waals surface area (Å²) in [5.74, 6) is 0.242. The quantitative estimate of drug-likeness (QED) is 0.754. The topological polar surface area (TPSA) is 40.5 Å². The van der Waals surface area contributed by atoms with E-state index in [1.54, 1.807) is 6.92 Å². The summed E-state index contributed by atoms with van der Waals surface area (Å²) in [6.45, 7) is 4.65. The Morgan fingerprint density at radius 3 is 2.50 bits per heavy atom. The number of rotatable bonds is 6. The molecule has 16 heavy (non-hydrogen) atoms. The van der Waals surface area contributed by atoms with E-state index in [2.05, 4.69) is 11.8 Å². The predicted octanol–water partition coefficient (Wildman–Crippen LogP) is 1.98. The smallest absolute Gasteiger partial charge is 0.131 e. The Morgan fingerprint density at radius 1 is 1.38 bits per heavy atom. The molecule has 0 aromatic carbocycles. The molecule has 1 N–H and O–H groups in total.